The Morgan fingerprint density at radius 2 is 1.87 bits per heavy atom. The number of rotatable bonds is 7. The monoisotopic (exact) mass is 425 g/mol. The molecule has 170 valence electrons. The average Bonchev–Trinajstić information content (AvgIpc) is 3.47. The summed E-state index contributed by atoms with van der Waals surface area (Å²) in [5, 5.41) is 7.02. The number of piperidine rings is 1. The minimum absolute atomic E-state index is 0.220. The van der Waals surface area contributed by atoms with E-state index >= 15 is 0 Å². The van der Waals surface area contributed by atoms with Crippen LogP contribution in [0, 0.1) is 0 Å². The molecule has 2 aliphatic heterocycles. The van der Waals surface area contributed by atoms with Crippen molar-refractivity contribution in [3.05, 3.63) is 29.8 Å². The van der Waals surface area contributed by atoms with Crippen LogP contribution in [0.25, 0.3) is 0 Å². The Bertz CT molecular complexity index is 750. The van der Waals surface area contributed by atoms with Crippen molar-refractivity contribution in [1.82, 2.24) is 15.5 Å². The van der Waals surface area contributed by atoms with E-state index in [0.29, 0.717) is 19.0 Å². The fourth-order valence-corrected chi connectivity index (χ4v) is 5.35. The highest BCUT2D eigenvalue weighted by molar-refractivity contribution is 5.95. The highest BCUT2D eigenvalue weighted by Crippen LogP contribution is 2.28. The number of hydrogen-bond acceptors (Lipinski definition) is 3. The fourth-order valence-electron chi connectivity index (χ4n) is 5.35. The predicted octanol–water partition coefficient (Wildman–Crippen LogP) is 3.32. The number of nitrogens with zero attached hydrogens (tertiary/aromatic N) is 3. The molecule has 0 aromatic heterocycles. The third kappa shape index (κ3) is 5.79. The van der Waals surface area contributed by atoms with Crippen molar-refractivity contribution in [3.8, 4) is 0 Å². The number of carbonyl (C=O) groups excluding carboxylic acids is 1. The molecule has 1 aliphatic carbocycles. The first-order valence-corrected chi connectivity index (χ1v) is 12.4. The van der Waals surface area contributed by atoms with Gasteiger partial charge in [0.25, 0.3) is 0 Å². The van der Waals surface area contributed by atoms with E-state index < -0.39 is 0 Å². The number of likely N-dealkylation sites (tertiary alicyclic amines) is 1. The normalized spacial score (nSPS) is 20.8. The summed E-state index contributed by atoms with van der Waals surface area (Å²) in [4.78, 5) is 22.1. The maximum atomic E-state index is 12.7. The first-order chi connectivity index (χ1) is 15.2. The zero-order chi connectivity index (χ0) is 21.5. The lowest BCUT2D eigenvalue weighted by Gasteiger charge is -2.36. The second-order valence-electron chi connectivity index (χ2n) is 9.18. The van der Waals surface area contributed by atoms with E-state index in [1.54, 1.807) is 0 Å². The van der Waals surface area contributed by atoms with Crippen molar-refractivity contribution in [2.75, 3.05) is 37.6 Å². The summed E-state index contributed by atoms with van der Waals surface area (Å²) < 4.78 is 0. The topological polar surface area (TPSA) is 60.0 Å². The van der Waals surface area contributed by atoms with Gasteiger partial charge < -0.3 is 20.4 Å². The van der Waals surface area contributed by atoms with Crippen LogP contribution in [0.15, 0.2) is 29.3 Å². The van der Waals surface area contributed by atoms with Gasteiger partial charge in [-0.25, -0.2) is 0 Å². The molecular formula is C25H39N5O. The van der Waals surface area contributed by atoms with Gasteiger partial charge in [0, 0.05) is 56.9 Å². The quantitative estimate of drug-likeness (QED) is 0.400. The molecule has 1 aromatic rings. The van der Waals surface area contributed by atoms with Crippen molar-refractivity contribution >= 4 is 17.6 Å². The van der Waals surface area contributed by atoms with Crippen LogP contribution >= 0.6 is 0 Å². The highest BCUT2D eigenvalue weighted by Gasteiger charge is 2.27. The number of para-hydroxylation sites is 1. The van der Waals surface area contributed by atoms with Crippen LogP contribution in [0.4, 0.5) is 5.69 Å². The van der Waals surface area contributed by atoms with Crippen LogP contribution in [-0.2, 0) is 11.2 Å². The van der Waals surface area contributed by atoms with Crippen LogP contribution in [0.5, 0.6) is 0 Å². The molecular weight excluding hydrogens is 386 g/mol. The molecule has 2 heterocycles. The van der Waals surface area contributed by atoms with Gasteiger partial charge in [0.15, 0.2) is 5.96 Å². The smallest absolute Gasteiger partial charge is 0.227 e. The molecule has 1 amide bonds. The van der Waals surface area contributed by atoms with Crippen LogP contribution in [0.1, 0.15) is 63.9 Å². The summed E-state index contributed by atoms with van der Waals surface area (Å²) >= 11 is 0. The number of guanidine groups is 1. The summed E-state index contributed by atoms with van der Waals surface area (Å²) in [6.45, 7) is 6.86. The Morgan fingerprint density at radius 1 is 1.10 bits per heavy atom. The van der Waals surface area contributed by atoms with E-state index in [1.807, 2.05) is 11.0 Å². The van der Waals surface area contributed by atoms with Gasteiger partial charge in [-0.1, -0.05) is 31.0 Å². The first kappa shape index (κ1) is 22.1. The highest BCUT2D eigenvalue weighted by atomic mass is 16.2. The van der Waals surface area contributed by atoms with E-state index in [4.69, 9.17) is 4.99 Å². The van der Waals surface area contributed by atoms with Gasteiger partial charge >= 0.3 is 0 Å². The third-order valence-electron chi connectivity index (χ3n) is 7.06. The average molecular weight is 426 g/mol. The van der Waals surface area contributed by atoms with E-state index in [2.05, 4.69) is 40.7 Å². The number of fused-ring (bicyclic) bond motifs is 1. The molecule has 2 fully saturated rings. The maximum absolute atomic E-state index is 12.7. The minimum Gasteiger partial charge on any atom is -0.357 e. The van der Waals surface area contributed by atoms with E-state index in [9.17, 15) is 4.79 Å². The molecule has 2 N–H and O–H groups in total. The minimum atomic E-state index is 0.220. The van der Waals surface area contributed by atoms with Crippen LogP contribution < -0.4 is 15.5 Å². The molecule has 0 spiro atoms. The lowest BCUT2D eigenvalue weighted by Crippen LogP contribution is -2.50. The lowest BCUT2D eigenvalue weighted by atomic mass is 10.0. The summed E-state index contributed by atoms with van der Waals surface area (Å²) in [5.41, 5.74) is 2.38. The Hall–Kier alpha value is -2.08. The fraction of sp³-hybridized carbons (Fsp3) is 0.680. The zero-order valence-corrected chi connectivity index (χ0v) is 19.1. The van der Waals surface area contributed by atoms with Gasteiger partial charge in [0.1, 0.15) is 0 Å². The van der Waals surface area contributed by atoms with Crippen LogP contribution in [-0.4, -0.2) is 61.6 Å². The van der Waals surface area contributed by atoms with E-state index in [0.717, 1.165) is 43.6 Å². The molecule has 6 heteroatoms. The van der Waals surface area contributed by atoms with Gasteiger partial charge in [-0.05, 0) is 57.1 Å². The number of hydrogen-bond donors (Lipinski definition) is 2. The van der Waals surface area contributed by atoms with E-state index in [1.165, 1.54) is 57.2 Å². The molecule has 0 atom stereocenters. The van der Waals surface area contributed by atoms with Gasteiger partial charge in [-0.2, -0.15) is 0 Å². The summed E-state index contributed by atoms with van der Waals surface area (Å²) in [6, 6.07) is 9.58. The van der Waals surface area contributed by atoms with Crippen molar-refractivity contribution in [1.29, 1.82) is 0 Å². The van der Waals surface area contributed by atoms with Gasteiger partial charge in [0.2, 0.25) is 5.91 Å². The molecule has 4 rings (SSSR count). The first-order valence-electron chi connectivity index (χ1n) is 12.4. The Morgan fingerprint density at radius 3 is 2.65 bits per heavy atom. The second-order valence-corrected chi connectivity index (χ2v) is 9.18. The van der Waals surface area contributed by atoms with Crippen LogP contribution in [0.3, 0.4) is 0 Å². The molecule has 3 aliphatic rings. The van der Waals surface area contributed by atoms with Crippen molar-refractivity contribution in [2.24, 2.45) is 4.99 Å². The summed E-state index contributed by atoms with van der Waals surface area (Å²) in [5.74, 6) is 1.12. The Kier molecular flexibility index (Phi) is 7.84. The molecule has 0 radical (unpaired) electrons. The summed E-state index contributed by atoms with van der Waals surface area (Å²) in [7, 11) is 0. The van der Waals surface area contributed by atoms with Crippen LogP contribution in [0.2, 0.25) is 0 Å². The zero-order valence-electron chi connectivity index (χ0n) is 19.1. The number of benzene rings is 1. The molecule has 1 aromatic carbocycles. The molecule has 31 heavy (non-hydrogen) atoms. The van der Waals surface area contributed by atoms with Gasteiger partial charge in [-0.3, -0.25) is 9.79 Å². The molecule has 1 saturated carbocycles. The second kappa shape index (κ2) is 11.0. The largest absolute Gasteiger partial charge is 0.357 e. The number of nitrogens with one attached hydrogen (secondary N) is 2. The van der Waals surface area contributed by atoms with Crippen molar-refractivity contribution in [2.45, 2.75) is 76.8 Å². The molecule has 1 saturated heterocycles. The molecule has 0 bridgehead atoms. The molecule has 6 nitrogen and oxygen atoms in total. The van der Waals surface area contributed by atoms with Gasteiger partial charge in [-0.15, -0.1) is 0 Å². The Labute approximate surface area is 187 Å². The lowest BCUT2D eigenvalue weighted by molar-refractivity contribution is -0.118. The predicted molar refractivity (Wildman–Crippen MR) is 128 cm³/mol. The number of amides is 1. The maximum Gasteiger partial charge on any atom is 0.227 e. The van der Waals surface area contributed by atoms with Gasteiger partial charge in [0.05, 0.1) is 0 Å². The van der Waals surface area contributed by atoms with E-state index in [-0.39, 0.29) is 5.91 Å². The number of carbonyl (C=O) groups is 1. The number of anilines is 1. The van der Waals surface area contributed by atoms with Crippen molar-refractivity contribution < 1.29 is 4.79 Å². The third-order valence-corrected chi connectivity index (χ3v) is 7.06. The summed E-state index contributed by atoms with van der Waals surface area (Å²) in [6.07, 6.45) is 10.3. The standard InChI is InChI=1S/C25H39N5O/c1-2-26-25(28-21-14-17-29(18-15-21)22-9-4-5-10-22)27-16-7-12-24(31)30-19-13-20-8-3-6-11-23(20)30/h3,6,8,11,21-22H,2,4-5,7,9-10,12-19H2,1H3,(H2,26,27,28). The molecule has 0 unspecified atom stereocenters. The van der Waals surface area contributed by atoms with Crippen molar-refractivity contribution in [3.63, 3.8) is 0 Å². The SMILES string of the molecule is CCNC(=NCCCC(=O)N1CCc2ccccc21)NC1CCN(C2CCCC2)CC1. The Balaban J connectivity index is 1.20. The number of aliphatic imine (C=N–C) groups is 1.